The Hall–Kier alpha value is -2.62. The van der Waals surface area contributed by atoms with Crippen molar-refractivity contribution in [3.8, 4) is 0 Å². The van der Waals surface area contributed by atoms with Crippen LogP contribution in [0.4, 0.5) is 0 Å². The molecule has 0 saturated heterocycles. The predicted octanol–water partition coefficient (Wildman–Crippen LogP) is 4.15. The second kappa shape index (κ2) is 6.48. The lowest BCUT2D eigenvalue weighted by Crippen LogP contribution is -2.11. The lowest BCUT2D eigenvalue weighted by molar-refractivity contribution is -0.144. The van der Waals surface area contributed by atoms with E-state index in [1.54, 1.807) is 6.20 Å². The molecule has 0 spiro atoms. The zero-order valence-corrected chi connectivity index (χ0v) is 14.3. The van der Waals surface area contributed by atoms with Crippen LogP contribution in [0, 0.1) is 0 Å². The topological polar surface area (TPSA) is 55.0 Å². The molecule has 1 N–H and O–H groups in total. The smallest absolute Gasteiger partial charge is 0.310 e. The van der Waals surface area contributed by atoms with Crippen LogP contribution in [0.5, 0.6) is 0 Å². The van der Waals surface area contributed by atoms with Crippen LogP contribution in [-0.2, 0) is 28.0 Å². The van der Waals surface area contributed by atoms with Gasteiger partial charge in [0.1, 0.15) is 6.61 Å². The highest BCUT2D eigenvalue weighted by Gasteiger charge is 2.13. The summed E-state index contributed by atoms with van der Waals surface area (Å²) in [5.74, 6) is -0.228. The number of aromatic amines is 1. The van der Waals surface area contributed by atoms with Gasteiger partial charge in [0.2, 0.25) is 0 Å². The third-order valence-corrected chi connectivity index (χ3v) is 4.07. The molecule has 0 aliphatic carbocycles. The molecular weight excluding hydrogens is 300 g/mol. The van der Waals surface area contributed by atoms with Gasteiger partial charge in [0.25, 0.3) is 0 Å². The molecule has 1 heterocycles. The molecule has 3 rings (SSSR count). The Morgan fingerprint density at radius 1 is 1.08 bits per heavy atom. The first-order chi connectivity index (χ1) is 11.4. The quantitative estimate of drug-likeness (QED) is 0.734. The number of carbonyl (C=O) groups excluding carboxylic acids is 1. The Labute approximate surface area is 141 Å². The van der Waals surface area contributed by atoms with Gasteiger partial charge in [-0.1, -0.05) is 57.2 Å². The summed E-state index contributed by atoms with van der Waals surface area (Å²) < 4.78 is 5.39. The molecule has 0 aliphatic heterocycles. The Kier molecular flexibility index (Phi) is 4.38. The first kappa shape index (κ1) is 16.2. The fraction of sp³-hybridized carbons (Fsp3) is 0.300. The second-order valence-electron chi connectivity index (χ2n) is 7.08. The second-order valence-corrected chi connectivity index (χ2v) is 7.08. The first-order valence-electron chi connectivity index (χ1n) is 8.09. The molecule has 4 nitrogen and oxygen atoms in total. The summed E-state index contributed by atoms with van der Waals surface area (Å²) in [6.07, 6.45) is 2.02. The minimum Gasteiger partial charge on any atom is -0.461 e. The summed E-state index contributed by atoms with van der Waals surface area (Å²) in [6.45, 7) is 6.84. The summed E-state index contributed by atoms with van der Waals surface area (Å²) in [7, 11) is 0. The molecule has 0 fully saturated rings. The van der Waals surface area contributed by atoms with Crippen LogP contribution >= 0.6 is 0 Å². The zero-order valence-electron chi connectivity index (χ0n) is 14.3. The van der Waals surface area contributed by atoms with Crippen molar-refractivity contribution in [2.45, 2.75) is 39.2 Å². The molecule has 3 aromatic rings. The van der Waals surface area contributed by atoms with Crippen molar-refractivity contribution in [1.82, 2.24) is 10.2 Å². The van der Waals surface area contributed by atoms with Gasteiger partial charge in [-0.15, -0.1) is 0 Å². The van der Waals surface area contributed by atoms with E-state index in [2.05, 4.69) is 43.1 Å². The first-order valence-corrected chi connectivity index (χ1v) is 8.09. The van der Waals surface area contributed by atoms with Crippen LogP contribution in [0.3, 0.4) is 0 Å². The molecule has 0 radical (unpaired) electrons. The van der Waals surface area contributed by atoms with Crippen molar-refractivity contribution >= 4 is 16.9 Å². The number of fused-ring (bicyclic) bond motifs is 1. The van der Waals surface area contributed by atoms with Gasteiger partial charge in [-0.25, -0.2) is 0 Å². The van der Waals surface area contributed by atoms with E-state index in [0.717, 1.165) is 22.0 Å². The van der Waals surface area contributed by atoms with Crippen molar-refractivity contribution in [3.05, 3.63) is 65.4 Å². The Balaban J connectivity index is 1.57. The van der Waals surface area contributed by atoms with Crippen molar-refractivity contribution in [2.24, 2.45) is 0 Å². The standard InChI is InChI=1S/C20H22N2O2/c1-20(2,3)17-8-5-14(6-9-17)13-24-19(23)11-15-4-7-16-12-21-22-18(16)10-15/h4-10,12H,11,13H2,1-3H3,(H,21,22). The van der Waals surface area contributed by atoms with E-state index in [0.29, 0.717) is 6.61 Å². The molecule has 1 aromatic heterocycles. The third-order valence-electron chi connectivity index (χ3n) is 4.07. The van der Waals surface area contributed by atoms with Crippen molar-refractivity contribution in [1.29, 1.82) is 0 Å². The van der Waals surface area contributed by atoms with Crippen LogP contribution in [-0.4, -0.2) is 16.2 Å². The highest BCUT2D eigenvalue weighted by Crippen LogP contribution is 2.22. The minimum atomic E-state index is -0.228. The maximum atomic E-state index is 12.0. The summed E-state index contributed by atoms with van der Waals surface area (Å²) in [5, 5.41) is 7.92. The van der Waals surface area contributed by atoms with E-state index in [1.807, 2.05) is 30.3 Å². The number of rotatable bonds is 4. The maximum Gasteiger partial charge on any atom is 0.310 e. The minimum absolute atomic E-state index is 0.126. The molecule has 0 unspecified atom stereocenters. The van der Waals surface area contributed by atoms with E-state index < -0.39 is 0 Å². The number of aromatic nitrogens is 2. The zero-order chi connectivity index (χ0) is 17.2. The van der Waals surface area contributed by atoms with Gasteiger partial charge in [0.15, 0.2) is 0 Å². The summed E-state index contributed by atoms with van der Waals surface area (Å²) >= 11 is 0. The number of benzene rings is 2. The van der Waals surface area contributed by atoms with Crippen LogP contribution < -0.4 is 0 Å². The lowest BCUT2D eigenvalue weighted by Gasteiger charge is -2.19. The average molecular weight is 322 g/mol. The summed E-state index contributed by atoms with van der Waals surface area (Å²) in [5.41, 5.74) is 4.24. The van der Waals surface area contributed by atoms with E-state index in [-0.39, 0.29) is 17.8 Å². The van der Waals surface area contributed by atoms with E-state index in [4.69, 9.17) is 4.74 Å². The number of hydrogen-bond acceptors (Lipinski definition) is 3. The van der Waals surface area contributed by atoms with Gasteiger partial charge >= 0.3 is 5.97 Å². The van der Waals surface area contributed by atoms with Crippen molar-refractivity contribution in [3.63, 3.8) is 0 Å². The molecular formula is C20H22N2O2. The number of hydrogen-bond donors (Lipinski definition) is 1. The Morgan fingerprint density at radius 2 is 1.79 bits per heavy atom. The monoisotopic (exact) mass is 322 g/mol. The fourth-order valence-electron chi connectivity index (χ4n) is 2.58. The predicted molar refractivity (Wildman–Crippen MR) is 94.7 cm³/mol. The molecule has 24 heavy (non-hydrogen) atoms. The highest BCUT2D eigenvalue weighted by molar-refractivity contribution is 5.80. The van der Waals surface area contributed by atoms with Crippen LogP contribution in [0.15, 0.2) is 48.7 Å². The number of nitrogens with one attached hydrogen (secondary N) is 1. The molecule has 0 amide bonds. The number of esters is 1. The molecule has 0 saturated carbocycles. The summed E-state index contributed by atoms with van der Waals surface area (Å²) in [4.78, 5) is 12.0. The largest absolute Gasteiger partial charge is 0.461 e. The molecule has 0 atom stereocenters. The van der Waals surface area contributed by atoms with E-state index >= 15 is 0 Å². The van der Waals surface area contributed by atoms with Gasteiger partial charge in [-0.05, 0) is 28.2 Å². The SMILES string of the molecule is CC(C)(C)c1ccc(COC(=O)Cc2ccc3cn[nH]c3c2)cc1. The molecule has 2 aromatic carbocycles. The molecule has 0 aliphatic rings. The average Bonchev–Trinajstić information content (AvgIpc) is 3.00. The van der Waals surface area contributed by atoms with Gasteiger partial charge < -0.3 is 4.74 Å². The number of H-pyrrole nitrogens is 1. The molecule has 124 valence electrons. The van der Waals surface area contributed by atoms with Gasteiger partial charge in [-0.2, -0.15) is 5.10 Å². The van der Waals surface area contributed by atoms with Crippen molar-refractivity contribution < 1.29 is 9.53 Å². The number of ether oxygens (including phenoxy) is 1. The van der Waals surface area contributed by atoms with Crippen LogP contribution in [0.1, 0.15) is 37.5 Å². The Morgan fingerprint density at radius 3 is 2.50 bits per heavy atom. The fourth-order valence-corrected chi connectivity index (χ4v) is 2.58. The molecule has 0 bridgehead atoms. The van der Waals surface area contributed by atoms with Crippen molar-refractivity contribution in [2.75, 3.05) is 0 Å². The number of carbonyl (C=O) groups is 1. The normalized spacial score (nSPS) is 11.6. The summed E-state index contributed by atoms with van der Waals surface area (Å²) in [6, 6.07) is 14.0. The van der Waals surface area contributed by atoms with Gasteiger partial charge in [0, 0.05) is 5.39 Å². The van der Waals surface area contributed by atoms with E-state index in [1.165, 1.54) is 5.56 Å². The maximum absolute atomic E-state index is 12.0. The van der Waals surface area contributed by atoms with Gasteiger partial charge in [0.05, 0.1) is 18.1 Å². The third kappa shape index (κ3) is 3.82. The van der Waals surface area contributed by atoms with Crippen LogP contribution in [0.2, 0.25) is 0 Å². The van der Waals surface area contributed by atoms with E-state index in [9.17, 15) is 4.79 Å². The van der Waals surface area contributed by atoms with Crippen LogP contribution in [0.25, 0.3) is 10.9 Å². The Bertz CT molecular complexity index is 842. The lowest BCUT2D eigenvalue weighted by atomic mass is 9.87. The molecule has 4 heteroatoms. The highest BCUT2D eigenvalue weighted by atomic mass is 16.5. The number of nitrogens with zero attached hydrogens (tertiary/aromatic N) is 1. The van der Waals surface area contributed by atoms with Gasteiger partial charge in [-0.3, -0.25) is 9.89 Å².